The molecule has 1 aromatic carbocycles. The standard InChI is InChI=1S/C14H14ClFN2O/c15-13-8-18-6-4-11(13)9-19-14-2-1-12(16)7-10(14)3-5-17/h1-2,4,6-8H,3,5,9,17H2. The fourth-order valence-electron chi connectivity index (χ4n) is 1.72. The summed E-state index contributed by atoms with van der Waals surface area (Å²) in [7, 11) is 0. The van der Waals surface area contributed by atoms with Crippen LogP contribution >= 0.6 is 11.6 Å². The van der Waals surface area contributed by atoms with Gasteiger partial charge >= 0.3 is 0 Å². The molecule has 0 radical (unpaired) electrons. The predicted molar refractivity (Wildman–Crippen MR) is 72.7 cm³/mol. The Bertz CT molecular complexity index is 563. The van der Waals surface area contributed by atoms with Crippen molar-refractivity contribution >= 4 is 11.6 Å². The first-order chi connectivity index (χ1) is 9.20. The summed E-state index contributed by atoms with van der Waals surface area (Å²) in [6.45, 7) is 0.750. The lowest BCUT2D eigenvalue weighted by atomic mass is 10.1. The number of nitrogens with zero attached hydrogens (tertiary/aromatic N) is 1. The molecule has 3 nitrogen and oxygen atoms in total. The quantitative estimate of drug-likeness (QED) is 0.916. The van der Waals surface area contributed by atoms with Crippen LogP contribution in [0.1, 0.15) is 11.1 Å². The van der Waals surface area contributed by atoms with E-state index < -0.39 is 0 Å². The molecule has 0 unspecified atom stereocenters. The minimum absolute atomic E-state index is 0.294. The van der Waals surface area contributed by atoms with Gasteiger partial charge < -0.3 is 10.5 Å². The van der Waals surface area contributed by atoms with Crippen LogP contribution in [0.25, 0.3) is 0 Å². The van der Waals surface area contributed by atoms with Crippen LogP contribution in [0.2, 0.25) is 5.02 Å². The van der Waals surface area contributed by atoms with E-state index in [1.165, 1.54) is 12.1 Å². The summed E-state index contributed by atoms with van der Waals surface area (Å²) in [4.78, 5) is 3.90. The monoisotopic (exact) mass is 280 g/mol. The Morgan fingerprint density at radius 2 is 2.11 bits per heavy atom. The fourth-order valence-corrected chi connectivity index (χ4v) is 1.89. The lowest BCUT2D eigenvalue weighted by Gasteiger charge is -2.11. The lowest BCUT2D eigenvalue weighted by molar-refractivity contribution is 0.302. The fraction of sp³-hybridized carbons (Fsp3) is 0.214. The van der Waals surface area contributed by atoms with Crippen molar-refractivity contribution in [2.75, 3.05) is 6.54 Å². The van der Waals surface area contributed by atoms with Crippen LogP contribution in [0.3, 0.4) is 0 Å². The van der Waals surface area contributed by atoms with Crippen molar-refractivity contribution in [1.29, 1.82) is 0 Å². The third-order valence-electron chi connectivity index (χ3n) is 2.68. The van der Waals surface area contributed by atoms with Crippen molar-refractivity contribution in [2.45, 2.75) is 13.0 Å². The zero-order chi connectivity index (χ0) is 13.7. The SMILES string of the molecule is NCCc1cc(F)ccc1OCc1ccncc1Cl. The van der Waals surface area contributed by atoms with Crippen molar-refractivity contribution in [2.24, 2.45) is 5.73 Å². The van der Waals surface area contributed by atoms with E-state index in [0.717, 1.165) is 11.1 Å². The molecule has 0 aliphatic heterocycles. The lowest BCUT2D eigenvalue weighted by Crippen LogP contribution is -2.06. The number of hydrogen-bond donors (Lipinski definition) is 1. The Labute approximate surface area is 116 Å². The van der Waals surface area contributed by atoms with Crippen molar-refractivity contribution in [3.05, 3.63) is 58.6 Å². The van der Waals surface area contributed by atoms with Gasteiger partial charge in [0.1, 0.15) is 18.2 Å². The zero-order valence-corrected chi connectivity index (χ0v) is 11.0. The minimum Gasteiger partial charge on any atom is -0.489 e. The third kappa shape index (κ3) is 3.66. The van der Waals surface area contributed by atoms with Gasteiger partial charge in [0, 0.05) is 18.0 Å². The van der Waals surface area contributed by atoms with Gasteiger partial charge in [-0.3, -0.25) is 4.98 Å². The zero-order valence-electron chi connectivity index (χ0n) is 10.3. The smallest absolute Gasteiger partial charge is 0.123 e. The summed E-state index contributed by atoms with van der Waals surface area (Å²) in [5.41, 5.74) is 7.09. The summed E-state index contributed by atoms with van der Waals surface area (Å²) in [5.74, 6) is 0.331. The summed E-state index contributed by atoms with van der Waals surface area (Å²) in [6, 6.07) is 6.20. The van der Waals surface area contributed by atoms with Gasteiger partial charge in [0.15, 0.2) is 0 Å². The van der Waals surface area contributed by atoms with Crippen molar-refractivity contribution in [3.63, 3.8) is 0 Å². The van der Waals surface area contributed by atoms with Crippen LogP contribution in [0.5, 0.6) is 5.75 Å². The van der Waals surface area contributed by atoms with Crippen molar-refractivity contribution in [3.8, 4) is 5.75 Å². The van der Waals surface area contributed by atoms with Gasteiger partial charge in [-0.15, -0.1) is 0 Å². The average Bonchev–Trinajstić information content (AvgIpc) is 2.40. The van der Waals surface area contributed by atoms with Crippen LogP contribution in [0.4, 0.5) is 4.39 Å². The van der Waals surface area contributed by atoms with Crippen LogP contribution in [-0.4, -0.2) is 11.5 Å². The second kappa shape index (κ2) is 6.50. The molecule has 2 rings (SSSR count). The van der Waals surface area contributed by atoms with Crippen LogP contribution in [0, 0.1) is 5.82 Å². The molecule has 0 atom stereocenters. The highest BCUT2D eigenvalue weighted by molar-refractivity contribution is 6.31. The van der Waals surface area contributed by atoms with E-state index in [2.05, 4.69) is 4.98 Å². The number of rotatable bonds is 5. The van der Waals surface area contributed by atoms with Gasteiger partial charge in [0.25, 0.3) is 0 Å². The van der Waals surface area contributed by atoms with Gasteiger partial charge in [-0.2, -0.15) is 0 Å². The molecule has 2 N–H and O–H groups in total. The number of pyridine rings is 1. The summed E-state index contributed by atoms with van der Waals surface area (Å²) >= 11 is 5.99. The van der Waals surface area contributed by atoms with E-state index >= 15 is 0 Å². The molecule has 100 valence electrons. The molecule has 1 aromatic heterocycles. The summed E-state index contributed by atoms with van der Waals surface area (Å²) < 4.78 is 18.8. The highest BCUT2D eigenvalue weighted by Gasteiger charge is 2.07. The van der Waals surface area contributed by atoms with E-state index in [-0.39, 0.29) is 5.82 Å². The van der Waals surface area contributed by atoms with E-state index in [0.29, 0.717) is 30.3 Å². The molecule has 2 aromatic rings. The minimum atomic E-state index is -0.294. The van der Waals surface area contributed by atoms with Gasteiger partial charge in [-0.05, 0) is 42.8 Å². The van der Waals surface area contributed by atoms with Crippen molar-refractivity contribution < 1.29 is 9.13 Å². The first-order valence-electron chi connectivity index (χ1n) is 5.90. The van der Waals surface area contributed by atoms with Gasteiger partial charge in [-0.1, -0.05) is 11.6 Å². The molecule has 0 saturated heterocycles. The maximum atomic E-state index is 13.2. The first kappa shape index (κ1) is 13.8. The highest BCUT2D eigenvalue weighted by atomic mass is 35.5. The number of halogens is 2. The Hall–Kier alpha value is -1.65. The number of aromatic nitrogens is 1. The number of ether oxygens (including phenoxy) is 1. The van der Waals surface area contributed by atoms with E-state index in [1.54, 1.807) is 24.5 Å². The molecule has 0 spiro atoms. The Balaban J connectivity index is 2.13. The Kier molecular flexibility index (Phi) is 4.71. The van der Waals surface area contributed by atoms with Gasteiger partial charge in [0.05, 0.1) is 5.02 Å². The largest absolute Gasteiger partial charge is 0.489 e. The molecule has 0 aliphatic carbocycles. The molecule has 5 heteroatoms. The van der Waals surface area contributed by atoms with Gasteiger partial charge in [-0.25, -0.2) is 4.39 Å². The van der Waals surface area contributed by atoms with E-state index in [1.807, 2.05) is 0 Å². The molecule has 19 heavy (non-hydrogen) atoms. The van der Waals surface area contributed by atoms with E-state index in [9.17, 15) is 4.39 Å². The summed E-state index contributed by atoms with van der Waals surface area (Å²) in [5, 5.41) is 0.546. The maximum Gasteiger partial charge on any atom is 0.123 e. The summed E-state index contributed by atoms with van der Waals surface area (Å²) in [6.07, 6.45) is 3.78. The number of nitrogens with two attached hydrogens (primary N) is 1. The predicted octanol–water partition coefficient (Wildman–Crippen LogP) is 2.95. The maximum absolute atomic E-state index is 13.2. The number of benzene rings is 1. The second-order valence-electron chi connectivity index (χ2n) is 4.05. The molecule has 0 bridgehead atoms. The first-order valence-corrected chi connectivity index (χ1v) is 6.28. The topological polar surface area (TPSA) is 48.1 Å². The molecule has 0 saturated carbocycles. The van der Waals surface area contributed by atoms with Gasteiger partial charge in [0.2, 0.25) is 0 Å². The molecule has 0 amide bonds. The Morgan fingerprint density at radius 1 is 1.26 bits per heavy atom. The molecule has 1 heterocycles. The highest BCUT2D eigenvalue weighted by Crippen LogP contribution is 2.22. The Morgan fingerprint density at radius 3 is 2.84 bits per heavy atom. The van der Waals surface area contributed by atoms with Crippen LogP contribution < -0.4 is 10.5 Å². The van der Waals surface area contributed by atoms with Crippen LogP contribution in [-0.2, 0) is 13.0 Å². The average molecular weight is 281 g/mol. The third-order valence-corrected chi connectivity index (χ3v) is 3.02. The molecule has 0 aliphatic rings. The van der Waals surface area contributed by atoms with E-state index in [4.69, 9.17) is 22.1 Å². The second-order valence-corrected chi connectivity index (χ2v) is 4.45. The number of hydrogen-bond acceptors (Lipinski definition) is 3. The molecular weight excluding hydrogens is 267 g/mol. The van der Waals surface area contributed by atoms with Crippen LogP contribution in [0.15, 0.2) is 36.7 Å². The molecular formula is C14H14ClFN2O. The van der Waals surface area contributed by atoms with Crippen molar-refractivity contribution in [1.82, 2.24) is 4.98 Å². The normalized spacial score (nSPS) is 10.5. The molecule has 0 fully saturated rings.